The van der Waals surface area contributed by atoms with E-state index < -0.39 is 0 Å². The number of anilines is 1. The van der Waals surface area contributed by atoms with E-state index in [9.17, 15) is 0 Å². The van der Waals surface area contributed by atoms with Gasteiger partial charge in [-0.05, 0) is 43.7 Å². The molecule has 5 rings (SSSR count). The van der Waals surface area contributed by atoms with Crippen molar-refractivity contribution in [2.45, 2.75) is 19.4 Å². The predicted octanol–water partition coefficient (Wildman–Crippen LogP) is 2.88. The van der Waals surface area contributed by atoms with Crippen molar-refractivity contribution in [2.24, 2.45) is 7.05 Å². The molecule has 1 aliphatic heterocycles. The van der Waals surface area contributed by atoms with Crippen LogP contribution in [0.2, 0.25) is 0 Å². The lowest BCUT2D eigenvalue weighted by Crippen LogP contribution is -2.22. The van der Waals surface area contributed by atoms with Gasteiger partial charge in [0, 0.05) is 43.2 Å². The lowest BCUT2D eigenvalue weighted by atomic mass is 10.1. The minimum Gasteiger partial charge on any atom is -0.366 e. The quantitative estimate of drug-likeness (QED) is 0.576. The number of aryl methyl sites for hydroxylation is 2. The van der Waals surface area contributed by atoms with Gasteiger partial charge >= 0.3 is 0 Å². The normalized spacial score (nSPS) is 16.7. The van der Waals surface area contributed by atoms with Crippen molar-refractivity contribution in [3.63, 3.8) is 0 Å². The van der Waals surface area contributed by atoms with Crippen LogP contribution in [-0.2, 0) is 7.05 Å². The molecule has 0 radical (unpaired) electrons. The summed E-state index contributed by atoms with van der Waals surface area (Å²) in [6.07, 6.45) is 9.07. The summed E-state index contributed by atoms with van der Waals surface area (Å²) in [7, 11) is 1.93. The molecule has 1 saturated heterocycles. The second kappa shape index (κ2) is 6.76. The molecule has 0 amide bonds. The van der Waals surface area contributed by atoms with Crippen molar-refractivity contribution < 1.29 is 0 Å². The lowest BCUT2D eigenvalue weighted by Gasteiger charge is -2.13. The topological polar surface area (TPSA) is 72.1 Å². The van der Waals surface area contributed by atoms with E-state index in [4.69, 9.17) is 4.98 Å². The Balaban J connectivity index is 1.55. The maximum Gasteiger partial charge on any atom is 0.137 e. The third kappa shape index (κ3) is 3.03. The standard InChI is InChI=1S/C21H23N7/c1-14-8-21-23-11-19(28(21)13-17(14)15-9-24-27(2)12-15)18-4-3-5-20(26-18)25-16-6-7-22-10-16/h3-5,8-9,11-13,16,22H,6-7,10H2,1-2H3,(H,25,26). The summed E-state index contributed by atoms with van der Waals surface area (Å²) in [5.74, 6) is 0.903. The number of hydrogen-bond acceptors (Lipinski definition) is 5. The highest BCUT2D eigenvalue weighted by molar-refractivity contribution is 5.70. The van der Waals surface area contributed by atoms with Gasteiger partial charge in [0.1, 0.15) is 11.5 Å². The van der Waals surface area contributed by atoms with Crippen molar-refractivity contribution in [2.75, 3.05) is 18.4 Å². The number of rotatable bonds is 4. The van der Waals surface area contributed by atoms with E-state index in [1.54, 1.807) is 0 Å². The van der Waals surface area contributed by atoms with E-state index in [1.165, 1.54) is 5.56 Å². The van der Waals surface area contributed by atoms with Crippen molar-refractivity contribution >= 4 is 11.5 Å². The molecule has 142 valence electrons. The number of fused-ring (bicyclic) bond motifs is 1. The van der Waals surface area contributed by atoms with E-state index >= 15 is 0 Å². The molecule has 1 atom stereocenters. The maximum absolute atomic E-state index is 4.84. The van der Waals surface area contributed by atoms with Crippen LogP contribution in [-0.4, -0.2) is 43.3 Å². The molecular formula is C21H23N7. The van der Waals surface area contributed by atoms with E-state index in [-0.39, 0.29) is 0 Å². The summed E-state index contributed by atoms with van der Waals surface area (Å²) in [6.45, 7) is 4.14. The van der Waals surface area contributed by atoms with Crippen molar-refractivity contribution in [3.05, 3.63) is 54.6 Å². The number of imidazole rings is 1. The highest BCUT2D eigenvalue weighted by Gasteiger charge is 2.16. The molecule has 1 unspecified atom stereocenters. The second-order valence-electron chi connectivity index (χ2n) is 7.39. The summed E-state index contributed by atoms with van der Waals surface area (Å²) >= 11 is 0. The summed E-state index contributed by atoms with van der Waals surface area (Å²) < 4.78 is 3.93. The van der Waals surface area contributed by atoms with Crippen LogP contribution in [0.3, 0.4) is 0 Å². The second-order valence-corrected chi connectivity index (χ2v) is 7.39. The molecule has 1 fully saturated rings. The smallest absolute Gasteiger partial charge is 0.137 e. The van der Waals surface area contributed by atoms with Crippen LogP contribution in [0.5, 0.6) is 0 Å². The Morgan fingerprint density at radius 3 is 2.93 bits per heavy atom. The first-order valence-corrected chi connectivity index (χ1v) is 9.59. The minimum atomic E-state index is 0.435. The number of aromatic nitrogens is 5. The predicted molar refractivity (Wildman–Crippen MR) is 110 cm³/mol. The van der Waals surface area contributed by atoms with Crippen molar-refractivity contribution in [1.82, 2.24) is 29.5 Å². The van der Waals surface area contributed by atoms with Crippen LogP contribution in [0.4, 0.5) is 5.82 Å². The molecule has 7 heteroatoms. The van der Waals surface area contributed by atoms with E-state index in [0.717, 1.165) is 53.5 Å². The summed E-state index contributed by atoms with van der Waals surface area (Å²) in [5.41, 5.74) is 6.22. The SMILES string of the molecule is Cc1cc2ncc(-c3cccc(NC4CCNC4)n3)n2cc1-c1cnn(C)c1. The molecule has 7 nitrogen and oxygen atoms in total. The first kappa shape index (κ1) is 16.9. The zero-order valence-corrected chi connectivity index (χ0v) is 16.1. The molecule has 4 aromatic heterocycles. The Bertz CT molecular complexity index is 1130. The van der Waals surface area contributed by atoms with Crippen LogP contribution in [0, 0.1) is 6.92 Å². The molecule has 0 bridgehead atoms. The molecule has 1 aliphatic rings. The van der Waals surface area contributed by atoms with Gasteiger partial charge in [-0.2, -0.15) is 5.10 Å². The molecule has 0 saturated carbocycles. The van der Waals surface area contributed by atoms with Gasteiger partial charge in [-0.25, -0.2) is 9.97 Å². The molecule has 0 spiro atoms. The Kier molecular flexibility index (Phi) is 4.09. The Labute approximate surface area is 163 Å². The minimum absolute atomic E-state index is 0.435. The third-order valence-electron chi connectivity index (χ3n) is 5.29. The van der Waals surface area contributed by atoms with Crippen LogP contribution < -0.4 is 10.6 Å². The van der Waals surface area contributed by atoms with Crippen LogP contribution in [0.25, 0.3) is 28.2 Å². The zero-order valence-electron chi connectivity index (χ0n) is 16.1. The molecular weight excluding hydrogens is 350 g/mol. The van der Waals surface area contributed by atoms with Gasteiger partial charge in [-0.15, -0.1) is 0 Å². The van der Waals surface area contributed by atoms with Crippen LogP contribution in [0.1, 0.15) is 12.0 Å². The first-order valence-electron chi connectivity index (χ1n) is 9.59. The van der Waals surface area contributed by atoms with Gasteiger partial charge in [0.15, 0.2) is 0 Å². The van der Waals surface area contributed by atoms with Gasteiger partial charge < -0.3 is 10.6 Å². The molecule has 2 N–H and O–H groups in total. The van der Waals surface area contributed by atoms with Crippen molar-refractivity contribution in [1.29, 1.82) is 0 Å². The van der Waals surface area contributed by atoms with E-state index in [1.807, 2.05) is 48.5 Å². The van der Waals surface area contributed by atoms with Crippen LogP contribution >= 0.6 is 0 Å². The van der Waals surface area contributed by atoms with Gasteiger partial charge in [-0.3, -0.25) is 9.08 Å². The zero-order chi connectivity index (χ0) is 19.1. The summed E-state index contributed by atoms with van der Waals surface area (Å²) in [6, 6.07) is 8.65. The van der Waals surface area contributed by atoms with Gasteiger partial charge in [0.25, 0.3) is 0 Å². The van der Waals surface area contributed by atoms with Gasteiger partial charge in [0.2, 0.25) is 0 Å². The molecule has 0 aromatic carbocycles. The highest BCUT2D eigenvalue weighted by Crippen LogP contribution is 2.27. The molecule has 5 heterocycles. The summed E-state index contributed by atoms with van der Waals surface area (Å²) in [4.78, 5) is 9.44. The molecule has 4 aromatic rings. The maximum atomic E-state index is 4.84. The monoisotopic (exact) mass is 373 g/mol. The van der Waals surface area contributed by atoms with Gasteiger partial charge in [0.05, 0.1) is 23.8 Å². The largest absolute Gasteiger partial charge is 0.366 e. The number of nitrogens with one attached hydrogen (secondary N) is 2. The Morgan fingerprint density at radius 1 is 1.21 bits per heavy atom. The fourth-order valence-electron chi connectivity index (χ4n) is 3.82. The van der Waals surface area contributed by atoms with E-state index in [0.29, 0.717) is 6.04 Å². The highest BCUT2D eigenvalue weighted by atomic mass is 15.2. The molecule has 0 aliphatic carbocycles. The molecule has 28 heavy (non-hydrogen) atoms. The van der Waals surface area contributed by atoms with E-state index in [2.05, 4.69) is 44.3 Å². The van der Waals surface area contributed by atoms with Gasteiger partial charge in [-0.1, -0.05) is 6.07 Å². The Morgan fingerprint density at radius 2 is 2.14 bits per heavy atom. The first-order chi connectivity index (χ1) is 13.7. The third-order valence-corrected chi connectivity index (χ3v) is 5.29. The Hall–Kier alpha value is -3.19. The number of hydrogen-bond donors (Lipinski definition) is 2. The summed E-state index contributed by atoms with van der Waals surface area (Å²) in [5, 5.41) is 11.2. The lowest BCUT2D eigenvalue weighted by molar-refractivity contribution is 0.768. The van der Waals surface area contributed by atoms with Crippen LogP contribution in [0.15, 0.2) is 49.1 Å². The fraction of sp³-hybridized carbons (Fsp3) is 0.286. The number of pyridine rings is 2. The average Bonchev–Trinajstić information content (AvgIpc) is 3.42. The number of nitrogens with zero attached hydrogens (tertiary/aromatic N) is 5. The van der Waals surface area contributed by atoms with Crippen molar-refractivity contribution in [3.8, 4) is 22.5 Å². The fourth-order valence-corrected chi connectivity index (χ4v) is 3.82. The average molecular weight is 373 g/mol.